The number of H-pyrrole nitrogens is 1. The van der Waals surface area contributed by atoms with Crippen LogP contribution in [0.1, 0.15) is 22.8 Å². The van der Waals surface area contributed by atoms with Gasteiger partial charge in [0.2, 0.25) is 0 Å². The number of nitrogens with one attached hydrogen (secondary N) is 1. The summed E-state index contributed by atoms with van der Waals surface area (Å²) in [6, 6.07) is 13.4. The maximum absolute atomic E-state index is 12.3. The molecule has 2 aromatic carbocycles. The fraction of sp³-hybridized carbons (Fsp3) is 0.217. The Balaban J connectivity index is 1.52. The molecule has 7 nitrogen and oxygen atoms in total. The van der Waals surface area contributed by atoms with E-state index in [2.05, 4.69) is 26.7 Å². The average Bonchev–Trinajstić information content (AvgIpc) is 3.14. The molecule has 2 aromatic heterocycles. The Hall–Kier alpha value is -3.39. The number of para-hydroxylation sites is 2. The van der Waals surface area contributed by atoms with Crippen LogP contribution in [0.2, 0.25) is 0 Å². The van der Waals surface area contributed by atoms with Crippen molar-refractivity contribution >= 4 is 22.7 Å². The van der Waals surface area contributed by atoms with E-state index in [1.165, 1.54) is 11.8 Å². The van der Waals surface area contributed by atoms with Crippen molar-refractivity contribution in [3.05, 3.63) is 88.2 Å². The fourth-order valence-corrected chi connectivity index (χ4v) is 4.18. The number of benzene rings is 2. The smallest absolute Gasteiger partial charge is 0.258 e. The van der Waals surface area contributed by atoms with Crippen LogP contribution < -0.4 is 10.3 Å². The molecule has 4 rings (SSSR count). The van der Waals surface area contributed by atoms with E-state index in [4.69, 9.17) is 4.74 Å². The Morgan fingerprint density at radius 3 is 2.68 bits per heavy atom. The minimum atomic E-state index is -0.142. The van der Waals surface area contributed by atoms with Gasteiger partial charge in [-0.2, -0.15) is 0 Å². The van der Waals surface area contributed by atoms with E-state index in [9.17, 15) is 4.79 Å². The Morgan fingerprint density at radius 2 is 1.90 bits per heavy atom. The van der Waals surface area contributed by atoms with Crippen molar-refractivity contribution < 1.29 is 4.74 Å². The van der Waals surface area contributed by atoms with E-state index in [0.717, 1.165) is 22.0 Å². The number of aromatic nitrogens is 5. The molecule has 0 aliphatic rings. The highest BCUT2D eigenvalue weighted by Crippen LogP contribution is 2.25. The van der Waals surface area contributed by atoms with Gasteiger partial charge in [0, 0.05) is 6.54 Å². The molecule has 0 amide bonds. The van der Waals surface area contributed by atoms with E-state index in [0.29, 0.717) is 41.5 Å². The zero-order valence-electron chi connectivity index (χ0n) is 17.5. The normalized spacial score (nSPS) is 11.0. The van der Waals surface area contributed by atoms with E-state index < -0.39 is 0 Å². The highest BCUT2D eigenvalue weighted by molar-refractivity contribution is 7.98. The lowest BCUT2D eigenvalue weighted by Gasteiger charge is -2.12. The maximum atomic E-state index is 12.3. The molecule has 0 aliphatic heterocycles. The quantitative estimate of drug-likeness (QED) is 0.331. The van der Waals surface area contributed by atoms with Crippen molar-refractivity contribution in [2.75, 3.05) is 0 Å². The van der Waals surface area contributed by atoms with E-state index >= 15 is 0 Å². The number of nitrogens with zero attached hydrogens (tertiary/aromatic N) is 4. The number of thioether (sulfide) groups is 1. The third kappa shape index (κ3) is 4.54. The number of hydrogen-bond donors (Lipinski definition) is 1. The van der Waals surface area contributed by atoms with Crippen molar-refractivity contribution in [2.45, 2.75) is 37.9 Å². The average molecular weight is 434 g/mol. The Morgan fingerprint density at radius 1 is 1.13 bits per heavy atom. The van der Waals surface area contributed by atoms with Gasteiger partial charge in [-0.25, -0.2) is 4.98 Å². The summed E-state index contributed by atoms with van der Waals surface area (Å²) in [5.74, 6) is 2.63. The SMILES string of the molecule is C=CCn1c(COc2c(C)cccc2C)nnc1SCc1nc2ccccc2c(=O)[nH]1. The third-order valence-electron chi connectivity index (χ3n) is 4.86. The summed E-state index contributed by atoms with van der Waals surface area (Å²) in [7, 11) is 0. The summed E-state index contributed by atoms with van der Waals surface area (Å²) in [4.78, 5) is 19.7. The predicted molar refractivity (Wildman–Crippen MR) is 122 cm³/mol. The molecule has 0 unspecified atom stereocenters. The molecule has 4 aromatic rings. The Kier molecular flexibility index (Phi) is 6.18. The molecule has 0 saturated carbocycles. The van der Waals surface area contributed by atoms with Gasteiger partial charge in [0.15, 0.2) is 11.0 Å². The fourth-order valence-electron chi connectivity index (χ4n) is 3.34. The highest BCUT2D eigenvalue weighted by Gasteiger charge is 2.14. The van der Waals surface area contributed by atoms with Gasteiger partial charge in [-0.05, 0) is 37.1 Å². The van der Waals surface area contributed by atoms with Crippen LogP contribution >= 0.6 is 11.8 Å². The van der Waals surface area contributed by atoms with Gasteiger partial charge in [-0.15, -0.1) is 16.8 Å². The lowest BCUT2D eigenvalue weighted by atomic mass is 10.1. The molecule has 31 heavy (non-hydrogen) atoms. The number of ether oxygens (including phenoxy) is 1. The van der Waals surface area contributed by atoms with Crippen molar-refractivity contribution in [1.82, 2.24) is 24.7 Å². The number of hydrogen-bond acceptors (Lipinski definition) is 6. The minimum absolute atomic E-state index is 0.142. The summed E-state index contributed by atoms with van der Waals surface area (Å²) >= 11 is 1.46. The van der Waals surface area contributed by atoms with Gasteiger partial charge in [0.1, 0.15) is 18.2 Å². The zero-order chi connectivity index (χ0) is 21.8. The van der Waals surface area contributed by atoms with Crippen LogP contribution in [0.25, 0.3) is 10.9 Å². The second-order valence-corrected chi connectivity index (χ2v) is 8.07. The molecule has 2 heterocycles. The number of allylic oxidation sites excluding steroid dienone is 1. The molecule has 8 heteroatoms. The summed E-state index contributed by atoms with van der Waals surface area (Å²) < 4.78 is 8.02. The molecule has 0 spiro atoms. The molecule has 0 aliphatic carbocycles. The largest absolute Gasteiger partial charge is 0.485 e. The van der Waals surface area contributed by atoms with Gasteiger partial charge < -0.3 is 9.72 Å². The second kappa shape index (κ2) is 9.18. The Bertz CT molecular complexity index is 1270. The Labute approximate surface area is 184 Å². The van der Waals surface area contributed by atoms with Crippen LogP contribution in [0.4, 0.5) is 0 Å². The standard InChI is InChI=1S/C23H23N5O2S/c1-4-12-28-20(13-30-21-15(2)8-7-9-16(21)3)26-27-23(28)31-14-19-24-18-11-6-5-10-17(18)22(29)25-19/h4-11H,1,12-14H2,2-3H3,(H,24,25,29). The van der Waals surface area contributed by atoms with Crippen molar-refractivity contribution in [1.29, 1.82) is 0 Å². The lowest BCUT2D eigenvalue weighted by Crippen LogP contribution is -2.11. The van der Waals surface area contributed by atoms with E-state index in [1.54, 1.807) is 12.1 Å². The van der Waals surface area contributed by atoms with Crippen LogP contribution in [-0.4, -0.2) is 24.7 Å². The monoisotopic (exact) mass is 433 g/mol. The van der Waals surface area contributed by atoms with Crippen molar-refractivity contribution in [3.63, 3.8) is 0 Å². The summed E-state index contributed by atoms with van der Waals surface area (Å²) in [6.45, 7) is 8.75. The first-order chi connectivity index (χ1) is 15.1. The van der Waals surface area contributed by atoms with Gasteiger partial charge in [-0.1, -0.05) is 48.2 Å². The predicted octanol–water partition coefficient (Wildman–Crippen LogP) is 4.19. The zero-order valence-corrected chi connectivity index (χ0v) is 18.3. The summed E-state index contributed by atoms with van der Waals surface area (Å²) in [5, 5.41) is 9.93. The molecule has 0 bridgehead atoms. The van der Waals surface area contributed by atoms with Crippen LogP contribution in [0.15, 0.2) is 65.1 Å². The number of rotatable bonds is 8. The van der Waals surface area contributed by atoms with Gasteiger partial charge in [0.05, 0.1) is 16.7 Å². The van der Waals surface area contributed by atoms with Crippen molar-refractivity contribution in [2.24, 2.45) is 0 Å². The van der Waals surface area contributed by atoms with Crippen LogP contribution in [-0.2, 0) is 18.9 Å². The van der Waals surface area contributed by atoms with Crippen molar-refractivity contribution in [3.8, 4) is 5.75 Å². The highest BCUT2D eigenvalue weighted by atomic mass is 32.2. The summed E-state index contributed by atoms with van der Waals surface area (Å²) in [6.07, 6.45) is 1.80. The number of aromatic amines is 1. The molecule has 158 valence electrons. The summed E-state index contributed by atoms with van der Waals surface area (Å²) in [5.41, 5.74) is 2.69. The van der Waals surface area contributed by atoms with Crippen LogP contribution in [0, 0.1) is 13.8 Å². The van der Waals surface area contributed by atoms with E-state index in [-0.39, 0.29) is 5.56 Å². The molecule has 0 fully saturated rings. The molecular formula is C23H23N5O2S. The van der Waals surface area contributed by atoms with Gasteiger partial charge in [0.25, 0.3) is 5.56 Å². The molecule has 0 saturated heterocycles. The molecule has 0 atom stereocenters. The first kappa shape index (κ1) is 20.9. The van der Waals surface area contributed by atoms with E-state index in [1.807, 2.05) is 54.8 Å². The van der Waals surface area contributed by atoms with Crippen LogP contribution in [0.3, 0.4) is 0 Å². The van der Waals surface area contributed by atoms with Gasteiger partial charge in [-0.3, -0.25) is 9.36 Å². The van der Waals surface area contributed by atoms with Crippen LogP contribution in [0.5, 0.6) is 5.75 Å². The molecule has 0 radical (unpaired) electrons. The third-order valence-corrected chi connectivity index (χ3v) is 5.84. The molecular weight excluding hydrogens is 410 g/mol. The first-order valence-electron chi connectivity index (χ1n) is 9.89. The second-order valence-electron chi connectivity index (χ2n) is 7.13. The number of aryl methyl sites for hydroxylation is 2. The first-order valence-corrected chi connectivity index (χ1v) is 10.9. The molecule has 1 N–H and O–H groups in total. The topological polar surface area (TPSA) is 85.7 Å². The van der Waals surface area contributed by atoms with Gasteiger partial charge >= 0.3 is 0 Å². The number of fused-ring (bicyclic) bond motifs is 1. The maximum Gasteiger partial charge on any atom is 0.258 e. The minimum Gasteiger partial charge on any atom is -0.485 e. The lowest BCUT2D eigenvalue weighted by molar-refractivity contribution is 0.285.